The monoisotopic (exact) mass is 248 g/mol. The molecule has 2 heterocycles. The van der Waals surface area contributed by atoms with Gasteiger partial charge in [0, 0.05) is 25.8 Å². The number of aromatic nitrogens is 2. The molecule has 1 unspecified atom stereocenters. The van der Waals surface area contributed by atoms with Gasteiger partial charge in [-0.25, -0.2) is 4.98 Å². The van der Waals surface area contributed by atoms with Crippen LogP contribution in [0.25, 0.3) is 0 Å². The van der Waals surface area contributed by atoms with Crippen LogP contribution >= 0.6 is 0 Å². The molecule has 1 aliphatic rings. The van der Waals surface area contributed by atoms with Gasteiger partial charge in [-0.2, -0.15) is 4.98 Å². The molecule has 4 heteroatoms. The van der Waals surface area contributed by atoms with Crippen molar-refractivity contribution in [2.45, 2.75) is 39.5 Å². The first kappa shape index (κ1) is 13.1. The Morgan fingerprint density at radius 3 is 3.11 bits per heavy atom. The van der Waals surface area contributed by atoms with E-state index in [-0.39, 0.29) is 0 Å². The van der Waals surface area contributed by atoms with E-state index in [0.29, 0.717) is 0 Å². The summed E-state index contributed by atoms with van der Waals surface area (Å²) in [4.78, 5) is 11.3. The van der Waals surface area contributed by atoms with Gasteiger partial charge in [0.15, 0.2) is 0 Å². The Morgan fingerprint density at radius 2 is 2.33 bits per heavy atom. The van der Waals surface area contributed by atoms with Crippen LogP contribution in [0.1, 0.15) is 39.5 Å². The lowest BCUT2D eigenvalue weighted by molar-refractivity contribution is 0.403. The number of hydrogen-bond acceptors (Lipinski definition) is 4. The van der Waals surface area contributed by atoms with E-state index >= 15 is 0 Å². The quantitative estimate of drug-likeness (QED) is 0.870. The van der Waals surface area contributed by atoms with Gasteiger partial charge in [-0.15, -0.1) is 0 Å². The summed E-state index contributed by atoms with van der Waals surface area (Å²) in [5.41, 5.74) is 0. The van der Waals surface area contributed by atoms with E-state index < -0.39 is 0 Å². The third-order valence-corrected chi connectivity index (χ3v) is 3.59. The van der Waals surface area contributed by atoms with Gasteiger partial charge < -0.3 is 10.2 Å². The van der Waals surface area contributed by atoms with E-state index in [0.717, 1.165) is 43.7 Å². The average molecular weight is 248 g/mol. The Labute approximate surface area is 110 Å². The van der Waals surface area contributed by atoms with Gasteiger partial charge in [0.2, 0.25) is 5.95 Å². The molecular formula is C14H24N4. The Kier molecular flexibility index (Phi) is 4.79. The molecular weight excluding hydrogens is 224 g/mol. The predicted molar refractivity (Wildman–Crippen MR) is 76.0 cm³/mol. The molecule has 0 aromatic carbocycles. The van der Waals surface area contributed by atoms with Gasteiger partial charge in [0.05, 0.1) is 0 Å². The first-order valence-corrected chi connectivity index (χ1v) is 7.15. The van der Waals surface area contributed by atoms with E-state index in [1.807, 2.05) is 12.3 Å². The molecule has 1 aliphatic heterocycles. The summed E-state index contributed by atoms with van der Waals surface area (Å²) in [6.07, 6.45) is 6.85. The minimum Gasteiger partial charge on any atom is -0.356 e. The van der Waals surface area contributed by atoms with Crippen molar-refractivity contribution in [3.63, 3.8) is 0 Å². The molecule has 1 fully saturated rings. The third kappa shape index (κ3) is 3.34. The summed E-state index contributed by atoms with van der Waals surface area (Å²) in [6, 6.07) is 2.02. The normalized spacial score (nSPS) is 19.9. The molecule has 0 saturated carbocycles. The highest BCUT2D eigenvalue weighted by molar-refractivity contribution is 5.42. The highest BCUT2D eigenvalue weighted by Gasteiger charge is 2.19. The second-order valence-corrected chi connectivity index (χ2v) is 5.03. The Balaban J connectivity index is 2.02. The van der Waals surface area contributed by atoms with Crippen molar-refractivity contribution >= 4 is 11.8 Å². The maximum Gasteiger partial charge on any atom is 0.224 e. The van der Waals surface area contributed by atoms with Crippen LogP contribution in [0.5, 0.6) is 0 Å². The molecule has 100 valence electrons. The fourth-order valence-electron chi connectivity index (χ4n) is 2.45. The lowest BCUT2D eigenvalue weighted by Gasteiger charge is -2.33. The average Bonchev–Trinajstić information content (AvgIpc) is 2.45. The second-order valence-electron chi connectivity index (χ2n) is 5.03. The zero-order valence-corrected chi connectivity index (χ0v) is 11.5. The number of piperidine rings is 1. The SMILES string of the molecule is CCCNc1nccc(N2CCCC(CC)C2)n1. The number of hydrogen-bond donors (Lipinski definition) is 1. The van der Waals surface area contributed by atoms with E-state index in [2.05, 4.69) is 34.0 Å². The molecule has 1 aromatic rings. The van der Waals surface area contributed by atoms with Crippen LogP contribution in [0.4, 0.5) is 11.8 Å². The maximum absolute atomic E-state index is 4.61. The molecule has 0 amide bonds. The van der Waals surface area contributed by atoms with Crippen LogP contribution in [0.3, 0.4) is 0 Å². The first-order valence-electron chi connectivity index (χ1n) is 7.15. The minimum absolute atomic E-state index is 0.757. The van der Waals surface area contributed by atoms with Crippen molar-refractivity contribution in [2.24, 2.45) is 5.92 Å². The predicted octanol–water partition coefficient (Wildman–Crippen LogP) is 2.92. The van der Waals surface area contributed by atoms with Gasteiger partial charge >= 0.3 is 0 Å². The van der Waals surface area contributed by atoms with E-state index in [1.54, 1.807) is 0 Å². The summed E-state index contributed by atoms with van der Waals surface area (Å²) in [5, 5.41) is 3.25. The van der Waals surface area contributed by atoms with E-state index in [4.69, 9.17) is 0 Å². The van der Waals surface area contributed by atoms with Crippen molar-refractivity contribution < 1.29 is 0 Å². The summed E-state index contributed by atoms with van der Waals surface area (Å²) in [7, 11) is 0. The summed E-state index contributed by atoms with van der Waals surface area (Å²) >= 11 is 0. The Morgan fingerprint density at radius 1 is 1.44 bits per heavy atom. The zero-order chi connectivity index (χ0) is 12.8. The molecule has 0 spiro atoms. The topological polar surface area (TPSA) is 41.1 Å². The lowest BCUT2D eigenvalue weighted by atomic mass is 9.96. The van der Waals surface area contributed by atoms with Gasteiger partial charge in [-0.3, -0.25) is 0 Å². The van der Waals surface area contributed by atoms with Gasteiger partial charge in [0.1, 0.15) is 5.82 Å². The highest BCUT2D eigenvalue weighted by atomic mass is 15.2. The Bertz CT molecular complexity index is 367. The number of anilines is 2. The molecule has 18 heavy (non-hydrogen) atoms. The van der Waals surface area contributed by atoms with Crippen LogP contribution in [0.15, 0.2) is 12.3 Å². The van der Waals surface area contributed by atoms with Gasteiger partial charge in [0.25, 0.3) is 0 Å². The molecule has 0 radical (unpaired) electrons. The largest absolute Gasteiger partial charge is 0.356 e. The smallest absolute Gasteiger partial charge is 0.224 e. The second kappa shape index (κ2) is 6.57. The summed E-state index contributed by atoms with van der Waals surface area (Å²) < 4.78 is 0. The first-order chi connectivity index (χ1) is 8.83. The van der Waals surface area contributed by atoms with Crippen LogP contribution in [-0.2, 0) is 0 Å². The van der Waals surface area contributed by atoms with Crippen LogP contribution in [0.2, 0.25) is 0 Å². The molecule has 1 saturated heterocycles. The van der Waals surface area contributed by atoms with Crippen molar-refractivity contribution in [3.05, 3.63) is 12.3 Å². The fraction of sp³-hybridized carbons (Fsp3) is 0.714. The van der Waals surface area contributed by atoms with Crippen molar-refractivity contribution in [3.8, 4) is 0 Å². The van der Waals surface area contributed by atoms with E-state index in [9.17, 15) is 0 Å². The Hall–Kier alpha value is -1.32. The molecule has 1 atom stereocenters. The van der Waals surface area contributed by atoms with Crippen molar-refractivity contribution in [1.82, 2.24) is 9.97 Å². The molecule has 0 aliphatic carbocycles. The molecule has 2 rings (SSSR count). The summed E-state index contributed by atoms with van der Waals surface area (Å²) in [6.45, 7) is 7.62. The summed E-state index contributed by atoms with van der Waals surface area (Å²) in [5.74, 6) is 2.65. The maximum atomic E-state index is 4.61. The number of nitrogens with one attached hydrogen (secondary N) is 1. The highest BCUT2D eigenvalue weighted by Crippen LogP contribution is 2.23. The fourth-order valence-corrected chi connectivity index (χ4v) is 2.45. The van der Waals surface area contributed by atoms with Crippen molar-refractivity contribution in [2.75, 3.05) is 29.9 Å². The van der Waals surface area contributed by atoms with Crippen molar-refractivity contribution in [1.29, 1.82) is 0 Å². The van der Waals surface area contributed by atoms with Crippen LogP contribution in [0, 0.1) is 5.92 Å². The number of rotatable bonds is 5. The minimum atomic E-state index is 0.757. The number of nitrogens with zero attached hydrogens (tertiary/aromatic N) is 3. The van der Waals surface area contributed by atoms with Gasteiger partial charge in [-0.1, -0.05) is 20.3 Å². The molecule has 0 bridgehead atoms. The molecule has 1 aromatic heterocycles. The third-order valence-electron chi connectivity index (χ3n) is 3.59. The molecule has 1 N–H and O–H groups in total. The van der Waals surface area contributed by atoms with E-state index in [1.165, 1.54) is 19.3 Å². The van der Waals surface area contributed by atoms with Crippen LogP contribution in [-0.4, -0.2) is 29.6 Å². The van der Waals surface area contributed by atoms with Crippen LogP contribution < -0.4 is 10.2 Å². The standard InChI is InChI=1S/C14H24N4/c1-3-8-15-14-16-9-7-13(17-14)18-10-5-6-12(4-2)11-18/h7,9,12H,3-6,8,10-11H2,1-2H3,(H,15,16,17). The zero-order valence-electron chi connectivity index (χ0n) is 11.5. The van der Waals surface area contributed by atoms with Gasteiger partial charge in [-0.05, 0) is 31.2 Å². The lowest BCUT2D eigenvalue weighted by Crippen LogP contribution is -2.35. The molecule has 4 nitrogen and oxygen atoms in total.